The van der Waals surface area contributed by atoms with Gasteiger partial charge in [-0.25, -0.2) is 9.97 Å². The van der Waals surface area contributed by atoms with Crippen molar-refractivity contribution in [1.82, 2.24) is 9.97 Å². The van der Waals surface area contributed by atoms with Crippen LogP contribution in [0.2, 0.25) is 5.02 Å². The third kappa shape index (κ3) is 5.76. The van der Waals surface area contributed by atoms with Crippen LogP contribution in [-0.4, -0.2) is 34.2 Å². The molecule has 1 aliphatic heterocycles. The molecule has 0 aliphatic carbocycles. The summed E-state index contributed by atoms with van der Waals surface area (Å²) in [4.78, 5) is 22.9. The summed E-state index contributed by atoms with van der Waals surface area (Å²) in [5, 5.41) is 3.10. The van der Waals surface area contributed by atoms with Crippen LogP contribution in [0.1, 0.15) is 31.7 Å². The molecular weight excluding hydrogens is 425 g/mol. The normalized spacial score (nSPS) is 17.3. The summed E-state index contributed by atoms with van der Waals surface area (Å²) in [7, 11) is 0. The van der Waals surface area contributed by atoms with Crippen molar-refractivity contribution in [1.29, 1.82) is 0 Å². The molecule has 0 radical (unpaired) electrons. The fraction of sp³-hybridized carbons (Fsp3) is 0.421. The Balaban J connectivity index is 1.62. The second-order valence-electron chi connectivity index (χ2n) is 6.78. The number of amides is 1. The molecule has 2 aromatic rings. The van der Waals surface area contributed by atoms with Gasteiger partial charge in [-0.15, -0.1) is 0 Å². The zero-order valence-electron chi connectivity index (χ0n) is 15.7. The monoisotopic (exact) mass is 444 g/mol. The number of anilines is 2. The van der Waals surface area contributed by atoms with E-state index in [4.69, 9.17) is 11.6 Å². The molecule has 2 heterocycles. The number of piperidine rings is 1. The number of thioether (sulfide) groups is 1. The minimum Gasteiger partial charge on any atom is -0.354 e. The number of aromatic nitrogens is 2. The molecule has 5 nitrogen and oxygen atoms in total. The van der Waals surface area contributed by atoms with E-state index in [-0.39, 0.29) is 16.5 Å². The summed E-state index contributed by atoms with van der Waals surface area (Å²) in [6.07, 6.45) is 0.356. The van der Waals surface area contributed by atoms with E-state index in [2.05, 4.69) is 27.1 Å². The van der Waals surface area contributed by atoms with Gasteiger partial charge in [0, 0.05) is 18.7 Å². The van der Waals surface area contributed by atoms with Crippen LogP contribution in [0.4, 0.5) is 24.7 Å². The number of carbonyl (C=O) groups is 1. The Morgan fingerprint density at radius 3 is 2.83 bits per heavy atom. The Morgan fingerprint density at radius 1 is 1.31 bits per heavy atom. The summed E-state index contributed by atoms with van der Waals surface area (Å²) < 4.78 is 38.5. The minimum atomic E-state index is -4.51. The Bertz CT molecular complexity index is 881. The van der Waals surface area contributed by atoms with Gasteiger partial charge in [-0.05, 0) is 44.4 Å². The summed E-state index contributed by atoms with van der Waals surface area (Å²) in [6, 6.07) is 5.03. The Labute approximate surface area is 176 Å². The average molecular weight is 445 g/mol. The second-order valence-corrected chi connectivity index (χ2v) is 8.18. The fourth-order valence-electron chi connectivity index (χ4n) is 3.13. The molecule has 3 rings (SSSR count). The van der Waals surface area contributed by atoms with Gasteiger partial charge in [0.2, 0.25) is 5.91 Å². The van der Waals surface area contributed by atoms with E-state index in [9.17, 15) is 18.0 Å². The second kappa shape index (κ2) is 9.21. The van der Waals surface area contributed by atoms with Gasteiger partial charge in [-0.3, -0.25) is 4.79 Å². The van der Waals surface area contributed by atoms with Gasteiger partial charge >= 0.3 is 6.18 Å². The highest BCUT2D eigenvalue weighted by Gasteiger charge is 2.31. The molecule has 29 heavy (non-hydrogen) atoms. The van der Waals surface area contributed by atoms with Crippen molar-refractivity contribution in [2.45, 2.75) is 43.4 Å². The maximum absolute atomic E-state index is 12.8. The smallest absolute Gasteiger partial charge is 0.354 e. The number of benzene rings is 1. The Kier molecular flexibility index (Phi) is 6.89. The molecule has 1 aliphatic rings. The standard InChI is InChI=1S/C19H20ClF3N4OS/c1-12-4-2-3-7-27(12)16-9-18(25-11-24-16)29-10-17(28)26-15-8-13(19(21,22)23)5-6-14(15)20/h5-6,8-9,11-12H,2-4,7,10H2,1H3,(H,26,28)/t12-/m0/s1. The van der Waals surface area contributed by atoms with E-state index in [1.165, 1.54) is 24.5 Å². The van der Waals surface area contributed by atoms with Crippen molar-refractivity contribution >= 4 is 40.8 Å². The van der Waals surface area contributed by atoms with Crippen LogP contribution >= 0.6 is 23.4 Å². The third-order valence-electron chi connectivity index (χ3n) is 4.64. The largest absolute Gasteiger partial charge is 0.416 e. The van der Waals surface area contributed by atoms with Crippen molar-refractivity contribution in [3.8, 4) is 0 Å². The van der Waals surface area contributed by atoms with Crippen molar-refractivity contribution < 1.29 is 18.0 Å². The van der Waals surface area contributed by atoms with Gasteiger partial charge in [0.25, 0.3) is 0 Å². The number of hydrogen-bond acceptors (Lipinski definition) is 5. The number of alkyl halides is 3. The SMILES string of the molecule is C[C@H]1CCCCN1c1cc(SCC(=O)Nc2cc(C(F)(F)F)ccc2Cl)ncn1. The first-order valence-electron chi connectivity index (χ1n) is 9.12. The van der Waals surface area contributed by atoms with Crippen molar-refractivity contribution in [2.75, 3.05) is 22.5 Å². The molecule has 1 N–H and O–H groups in total. The molecule has 1 amide bonds. The van der Waals surface area contributed by atoms with Gasteiger partial charge in [-0.2, -0.15) is 13.2 Å². The van der Waals surface area contributed by atoms with Crippen LogP contribution in [0, 0.1) is 0 Å². The predicted molar refractivity (Wildman–Crippen MR) is 108 cm³/mol. The molecule has 0 unspecified atom stereocenters. The number of nitrogens with zero attached hydrogens (tertiary/aromatic N) is 3. The maximum Gasteiger partial charge on any atom is 0.416 e. The van der Waals surface area contributed by atoms with Gasteiger partial charge in [-0.1, -0.05) is 23.4 Å². The topological polar surface area (TPSA) is 58.1 Å². The fourth-order valence-corrected chi connectivity index (χ4v) is 3.95. The lowest BCUT2D eigenvalue weighted by Crippen LogP contribution is -2.38. The first-order chi connectivity index (χ1) is 13.7. The molecule has 156 valence electrons. The molecule has 1 saturated heterocycles. The van der Waals surface area contributed by atoms with Crippen LogP contribution in [-0.2, 0) is 11.0 Å². The van der Waals surface area contributed by atoms with Gasteiger partial charge < -0.3 is 10.2 Å². The van der Waals surface area contributed by atoms with Crippen LogP contribution in [0.15, 0.2) is 35.6 Å². The summed E-state index contributed by atoms with van der Waals surface area (Å²) in [5.74, 6) is 0.331. The summed E-state index contributed by atoms with van der Waals surface area (Å²) >= 11 is 7.10. The zero-order valence-corrected chi connectivity index (χ0v) is 17.2. The quantitative estimate of drug-likeness (QED) is 0.503. The molecular formula is C19H20ClF3N4OS. The van der Waals surface area contributed by atoms with Gasteiger partial charge in [0.15, 0.2) is 0 Å². The molecule has 1 fully saturated rings. The van der Waals surface area contributed by atoms with Crippen LogP contribution in [0.3, 0.4) is 0 Å². The lowest BCUT2D eigenvalue weighted by Gasteiger charge is -2.34. The Morgan fingerprint density at radius 2 is 2.10 bits per heavy atom. The van der Waals surface area contributed by atoms with E-state index < -0.39 is 17.6 Å². The molecule has 0 saturated carbocycles. The molecule has 1 aromatic carbocycles. The first-order valence-corrected chi connectivity index (χ1v) is 10.5. The van der Waals surface area contributed by atoms with Crippen molar-refractivity contribution in [3.05, 3.63) is 41.2 Å². The summed E-state index contributed by atoms with van der Waals surface area (Å²) in [6.45, 7) is 3.08. The van der Waals surface area contributed by atoms with E-state index in [1.807, 2.05) is 6.07 Å². The first kappa shape index (κ1) is 21.7. The minimum absolute atomic E-state index is 0.0153. The summed E-state index contributed by atoms with van der Waals surface area (Å²) in [5.41, 5.74) is -0.946. The number of hydrogen-bond donors (Lipinski definition) is 1. The van der Waals surface area contributed by atoms with E-state index in [1.54, 1.807) is 0 Å². The highest BCUT2D eigenvalue weighted by molar-refractivity contribution is 7.99. The van der Waals surface area contributed by atoms with Crippen molar-refractivity contribution in [2.24, 2.45) is 0 Å². The molecule has 0 bridgehead atoms. The Hall–Kier alpha value is -2.00. The molecule has 1 atom stereocenters. The number of rotatable bonds is 5. The third-order valence-corrected chi connectivity index (χ3v) is 5.90. The van der Waals surface area contributed by atoms with Crippen LogP contribution in [0.25, 0.3) is 0 Å². The number of carbonyl (C=O) groups excluding carboxylic acids is 1. The number of halogens is 4. The van der Waals surface area contributed by atoms with E-state index >= 15 is 0 Å². The molecule has 1 aromatic heterocycles. The number of nitrogens with one attached hydrogen (secondary N) is 1. The average Bonchev–Trinajstić information content (AvgIpc) is 2.68. The predicted octanol–water partition coefficient (Wildman–Crippen LogP) is 5.26. The van der Waals surface area contributed by atoms with Gasteiger partial charge in [0.05, 0.1) is 22.0 Å². The zero-order chi connectivity index (χ0) is 21.0. The highest BCUT2D eigenvalue weighted by Crippen LogP contribution is 2.34. The van der Waals surface area contributed by atoms with Crippen molar-refractivity contribution in [3.63, 3.8) is 0 Å². The van der Waals surface area contributed by atoms with Gasteiger partial charge in [0.1, 0.15) is 17.2 Å². The lowest BCUT2D eigenvalue weighted by molar-refractivity contribution is -0.137. The maximum atomic E-state index is 12.8. The van der Waals surface area contributed by atoms with E-state index in [0.29, 0.717) is 11.1 Å². The van der Waals surface area contributed by atoms with Crippen LogP contribution in [0.5, 0.6) is 0 Å². The van der Waals surface area contributed by atoms with Crippen LogP contribution < -0.4 is 10.2 Å². The molecule has 0 spiro atoms. The molecule has 10 heteroatoms. The lowest BCUT2D eigenvalue weighted by atomic mass is 10.0. The van der Waals surface area contributed by atoms with E-state index in [0.717, 1.165) is 43.4 Å². The highest BCUT2D eigenvalue weighted by atomic mass is 35.5.